The van der Waals surface area contributed by atoms with Crippen LogP contribution in [0.5, 0.6) is 0 Å². The number of aryl methyl sites for hydroxylation is 1. The zero-order valence-electron chi connectivity index (χ0n) is 11.2. The van der Waals surface area contributed by atoms with Crippen LogP contribution in [0.25, 0.3) is 0 Å². The molecule has 2 atom stereocenters. The summed E-state index contributed by atoms with van der Waals surface area (Å²) in [7, 11) is -3.18. The lowest BCUT2D eigenvalue weighted by Crippen LogP contribution is -2.28. The molecule has 0 aliphatic carbocycles. The summed E-state index contributed by atoms with van der Waals surface area (Å²) in [5, 5.41) is 0. The van der Waals surface area contributed by atoms with Crippen molar-refractivity contribution in [3.05, 3.63) is 35.4 Å². The first-order valence-electron chi connectivity index (χ1n) is 6.61. The summed E-state index contributed by atoms with van der Waals surface area (Å²) < 4.78 is 29.6. The highest BCUT2D eigenvalue weighted by Crippen LogP contribution is 2.19. The van der Waals surface area contributed by atoms with Crippen molar-refractivity contribution >= 4 is 9.84 Å². The average molecular weight is 283 g/mol. The van der Waals surface area contributed by atoms with E-state index in [0.29, 0.717) is 6.61 Å². The Morgan fingerprint density at radius 1 is 1.42 bits per heavy atom. The molecule has 1 aliphatic rings. The summed E-state index contributed by atoms with van der Waals surface area (Å²) in [5.74, 6) is 0.0737. The summed E-state index contributed by atoms with van der Waals surface area (Å²) in [4.78, 5) is 0. The van der Waals surface area contributed by atoms with E-state index >= 15 is 0 Å². The molecule has 1 fully saturated rings. The normalized spacial score (nSPS) is 21.5. The lowest BCUT2D eigenvalue weighted by Gasteiger charge is -2.16. The number of benzene rings is 1. The van der Waals surface area contributed by atoms with Gasteiger partial charge in [0, 0.05) is 12.6 Å². The van der Waals surface area contributed by atoms with Gasteiger partial charge in [0.1, 0.15) is 0 Å². The molecule has 2 unspecified atom stereocenters. The Balaban J connectivity index is 2.01. The highest BCUT2D eigenvalue weighted by atomic mass is 32.2. The minimum Gasteiger partial charge on any atom is -0.377 e. The van der Waals surface area contributed by atoms with Crippen molar-refractivity contribution in [2.24, 2.45) is 5.73 Å². The molecule has 106 valence electrons. The molecule has 2 rings (SSSR count). The largest absolute Gasteiger partial charge is 0.377 e. The van der Waals surface area contributed by atoms with Crippen LogP contribution >= 0.6 is 0 Å². The second kappa shape index (κ2) is 6.03. The molecule has 0 radical (unpaired) electrons. The fourth-order valence-electron chi connectivity index (χ4n) is 2.49. The second-order valence-electron chi connectivity index (χ2n) is 5.18. The first kappa shape index (κ1) is 14.5. The van der Waals surface area contributed by atoms with Crippen LogP contribution in [0, 0.1) is 6.92 Å². The molecule has 19 heavy (non-hydrogen) atoms. The summed E-state index contributed by atoms with van der Waals surface area (Å²) in [6.45, 7) is 2.62. The standard InChI is InChI=1S/C14H21NO3S/c1-11-5-2-3-7-13(11)14(15)10-19(16,17)9-12-6-4-8-18-12/h2-3,5,7,12,14H,4,6,8-10,15H2,1H3. The molecular weight excluding hydrogens is 262 g/mol. The average Bonchev–Trinajstić information content (AvgIpc) is 2.80. The number of hydrogen-bond donors (Lipinski definition) is 1. The molecule has 0 bridgehead atoms. The Kier molecular flexibility index (Phi) is 4.60. The van der Waals surface area contributed by atoms with Crippen LogP contribution in [0.2, 0.25) is 0 Å². The fraction of sp³-hybridized carbons (Fsp3) is 0.571. The molecule has 5 heteroatoms. The van der Waals surface area contributed by atoms with Crippen molar-refractivity contribution in [3.63, 3.8) is 0 Å². The first-order chi connectivity index (χ1) is 8.98. The van der Waals surface area contributed by atoms with E-state index in [1.165, 1.54) is 0 Å². The SMILES string of the molecule is Cc1ccccc1C(N)CS(=O)(=O)CC1CCCO1. The van der Waals surface area contributed by atoms with Gasteiger partial charge in [0.2, 0.25) is 0 Å². The Bertz CT molecular complexity index is 521. The van der Waals surface area contributed by atoms with Gasteiger partial charge in [-0.05, 0) is 30.9 Å². The van der Waals surface area contributed by atoms with Crippen molar-refractivity contribution in [1.82, 2.24) is 0 Å². The molecule has 1 saturated heterocycles. The molecule has 1 aliphatic heterocycles. The lowest BCUT2D eigenvalue weighted by atomic mass is 10.0. The van der Waals surface area contributed by atoms with Gasteiger partial charge in [0.25, 0.3) is 0 Å². The maximum Gasteiger partial charge on any atom is 0.154 e. The summed E-state index contributed by atoms with van der Waals surface area (Å²) in [5.41, 5.74) is 7.97. The maximum absolute atomic E-state index is 12.1. The van der Waals surface area contributed by atoms with Crippen LogP contribution in [0.1, 0.15) is 30.0 Å². The summed E-state index contributed by atoms with van der Waals surface area (Å²) >= 11 is 0. The van der Waals surface area contributed by atoms with Gasteiger partial charge in [-0.25, -0.2) is 8.42 Å². The van der Waals surface area contributed by atoms with Gasteiger partial charge in [-0.3, -0.25) is 0 Å². The van der Waals surface area contributed by atoms with Crippen LogP contribution < -0.4 is 5.73 Å². The number of sulfone groups is 1. The third kappa shape index (κ3) is 4.03. The molecule has 0 saturated carbocycles. The first-order valence-corrected chi connectivity index (χ1v) is 8.43. The van der Waals surface area contributed by atoms with E-state index in [2.05, 4.69) is 0 Å². The van der Waals surface area contributed by atoms with Crippen molar-refractivity contribution < 1.29 is 13.2 Å². The number of nitrogens with two attached hydrogens (primary N) is 1. The second-order valence-corrected chi connectivity index (χ2v) is 7.33. The molecule has 4 nitrogen and oxygen atoms in total. The van der Waals surface area contributed by atoms with Crippen molar-refractivity contribution in [3.8, 4) is 0 Å². The fourth-order valence-corrected chi connectivity index (χ4v) is 4.19. The zero-order valence-corrected chi connectivity index (χ0v) is 12.0. The van der Waals surface area contributed by atoms with Crippen molar-refractivity contribution in [1.29, 1.82) is 0 Å². The topological polar surface area (TPSA) is 69.4 Å². The molecule has 0 aromatic heterocycles. The molecule has 1 heterocycles. The monoisotopic (exact) mass is 283 g/mol. The Hall–Kier alpha value is -0.910. The van der Waals surface area contributed by atoms with Gasteiger partial charge in [-0.2, -0.15) is 0 Å². The minimum atomic E-state index is -3.18. The van der Waals surface area contributed by atoms with Gasteiger partial charge >= 0.3 is 0 Å². The van der Waals surface area contributed by atoms with Crippen LogP contribution in [0.4, 0.5) is 0 Å². The van der Waals surface area contributed by atoms with E-state index in [-0.39, 0.29) is 17.6 Å². The van der Waals surface area contributed by atoms with Crippen LogP contribution in [-0.2, 0) is 14.6 Å². The molecule has 0 amide bonds. The Labute approximate surface area is 114 Å². The van der Waals surface area contributed by atoms with E-state index in [1.807, 2.05) is 31.2 Å². The molecule has 0 spiro atoms. The van der Waals surface area contributed by atoms with Gasteiger partial charge in [-0.15, -0.1) is 0 Å². The quantitative estimate of drug-likeness (QED) is 0.891. The van der Waals surface area contributed by atoms with Crippen LogP contribution in [0.15, 0.2) is 24.3 Å². The Morgan fingerprint density at radius 2 is 2.16 bits per heavy atom. The molecule has 1 aromatic carbocycles. The highest BCUT2D eigenvalue weighted by molar-refractivity contribution is 7.91. The van der Waals surface area contributed by atoms with Gasteiger partial charge in [0.15, 0.2) is 9.84 Å². The van der Waals surface area contributed by atoms with E-state index in [1.54, 1.807) is 0 Å². The minimum absolute atomic E-state index is 0.0162. The third-order valence-electron chi connectivity index (χ3n) is 3.49. The van der Waals surface area contributed by atoms with E-state index in [0.717, 1.165) is 24.0 Å². The van der Waals surface area contributed by atoms with E-state index in [4.69, 9.17) is 10.5 Å². The van der Waals surface area contributed by atoms with Gasteiger partial charge < -0.3 is 10.5 Å². The van der Waals surface area contributed by atoms with E-state index < -0.39 is 15.9 Å². The predicted octanol–water partition coefficient (Wildman–Crippen LogP) is 1.59. The predicted molar refractivity (Wildman–Crippen MR) is 75.7 cm³/mol. The summed E-state index contributed by atoms with van der Waals surface area (Å²) in [6.07, 6.45) is 1.64. The molecule has 2 N–H and O–H groups in total. The van der Waals surface area contributed by atoms with E-state index in [9.17, 15) is 8.42 Å². The molecular formula is C14H21NO3S. The third-order valence-corrected chi connectivity index (χ3v) is 5.23. The number of ether oxygens (including phenoxy) is 1. The van der Waals surface area contributed by atoms with Gasteiger partial charge in [-0.1, -0.05) is 24.3 Å². The highest BCUT2D eigenvalue weighted by Gasteiger charge is 2.25. The number of rotatable bonds is 5. The van der Waals surface area contributed by atoms with Crippen LogP contribution in [0.3, 0.4) is 0 Å². The van der Waals surface area contributed by atoms with Gasteiger partial charge in [0.05, 0.1) is 17.6 Å². The maximum atomic E-state index is 12.1. The van der Waals surface area contributed by atoms with Crippen molar-refractivity contribution in [2.45, 2.75) is 31.9 Å². The van der Waals surface area contributed by atoms with Crippen molar-refractivity contribution in [2.75, 3.05) is 18.1 Å². The molecule has 1 aromatic rings. The van der Waals surface area contributed by atoms with Crippen LogP contribution in [-0.4, -0.2) is 32.6 Å². The lowest BCUT2D eigenvalue weighted by molar-refractivity contribution is 0.127. The number of hydrogen-bond acceptors (Lipinski definition) is 4. The summed E-state index contributed by atoms with van der Waals surface area (Å²) in [6, 6.07) is 7.18. The Morgan fingerprint density at radius 3 is 2.79 bits per heavy atom. The smallest absolute Gasteiger partial charge is 0.154 e. The zero-order chi connectivity index (χ0) is 13.9.